The summed E-state index contributed by atoms with van der Waals surface area (Å²) in [7, 11) is 2.95. The van der Waals surface area contributed by atoms with Crippen molar-refractivity contribution < 1.29 is 14.0 Å². The van der Waals surface area contributed by atoms with Gasteiger partial charge in [0.1, 0.15) is 5.82 Å². The first-order chi connectivity index (χ1) is 8.06. The zero-order valence-electron chi connectivity index (χ0n) is 9.78. The molecule has 2 rings (SSSR count). The maximum Gasteiger partial charge on any atom is 0.287 e. The van der Waals surface area contributed by atoms with Gasteiger partial charge in [-0.05, 0) is 24.6 Å². The lowest BCUT2D eigenvalue weighted by Crippen LogP contribution is -2.25. The Morgan fingerprint density at radius 3 is 2.76 bits per heavy atom. The number of hydrogen-bond acceptors (Lipinski definition) is 3. The highest BCUT2D eigenvalue weighted by molar-refractivity contribution is 7.21. The first-order valence-electron chi connectivity index (χ1n) is 5.06. The lowest BCUT2D eigenvalue weighted by Gasteiger charge is -2.12. The van der Waals surface area contributed by atoms with E-state index >= 15 is 0 Å². The van der Waals surface area contributed by atoms with Crippen molar-refractivity contribution in [3.05, 3.63) is 34.5 Å². The van der Waals surface area contributed by atoms with E-state index in [1.165, 1.54) is 31.6 Å². The zero-order valence-corrected chi connectivity index (χ0v) is 10.6. The third-order valence-corrected chi connectivity index (χ3v) is 3.90. The molecule has 0 saturated heterocycles. The number of carbonyl (C=O) groups is 1. The van der Waals surface area contributed by atoms with Crippen molar-refractivity contribution in [3.63, 3.8) is 0 Å². The fourth-order valence-corrected chi connectivity index (χ4v) is 2.87. The largest absolute Gasteiger partial charge is 0.287 e. The molecule has 0 aliphatic rings. The smallest absolute Gasteiger partial charge is 0.274 e. The summed E-state index contributed by atoms with van der Waals surface area (Å²) in [5.41, 5.74) is 0.664. The van der Waals surface area contributed by atoms with Gasteiger partial charge in [-0.1, -0.05) is 6.07 Å². The summed E-state index contributed by atoms with van der Waals surface area (Å²) in [6.45, 7) is 1.75. The standard InChI is InChI=1S/C12H12FNO2S/c1-7-10-8(13)5-4-6-9(10)17-11(7)12(15)14(2)16-3/h4-6H,1-3H3. The molecule has 1 amide bonds. The number of thiophene rings is 1. The van der Waals surface area contributed by atoms with Crippen LogP contribution in [0.5, 0.6) is 0 Å². The summed E-state index contributed by atoms with van der Waals surface area (Å²) in [6.07, 6.45) is 0. The number of amides is 1. The van der Waals surface area contributed by atoms with Gasteiger partial charge in [0.05, 0.1) is 12.0 Å². The Bertz CT molecular complexity index is 579. The van der Waals surface area contributed by atoms with E-state index in [0.717, 1.165) is 9.76 Å². The van der Waals surface area contributed by atoms with Gasteiger partial charge in [0.15, 0.2) is 0 Å². The third-order valence-electron chi connectivity index (χ3n) is 2.66. The van der Waals surface area contributed by atoms with Gasteiger partial charge in [-0.15, -0.1) is 11.3 Å². The van der Waals surface area contributed by atoms with Gasteiger partial charge in [-0.25, -0.2) is 9.45 Å². The Balaban J connectivity index is 2.61. The van der Waals surface area contributed by atoms with Crippen LogP contribution in [0, 0.1) is 12.7 Å². The monoisotopic (exact) mass is 253 g/mol. The van der Waals surface area contributed by atoms with Gasteiger partial charge in [-0.2, -0.15) is 0 Å². The maximum absolute atomic E-state index is 13.7. The van der Waals surface area contributed by atoms with Crippen LogP contribution in [0.3, 0.4) is 0 Å². The highest BCUT2D eigenvalue weighted by Crippen LogP contribution is 2.33. The van der Waals surface area contributed by atoms with Crippen LogP contribution in [0.15, 0.2) is 18.2 Å². The molecule has 17 heavy (non-hydrogen) atoms. The predicted octanol–water partition coefficient (Wildman–Crippen LogP) is 2.98. The van der Waals surface area contributed by atoms with Crippen molar-refractivity contribution in [1.82, 2.24) is 5.06 Å². The first kappa shape index (κ1) is 12.0. The number of aryl methyl sites for hydroxylation is 1. The fourth-order valence-electron chi connectivity index (χ4n) is 1.68. The average Bonchev–Trinajstić information content (AvgIpc) is 2.66. The lowest BCUT2D eigenvalue weighted by molar-refractivity contribution is -0.0754. The van der Waals surface area contributed by atoms with Crippen LogP contribution in [0.1, 0.15) is 15.2 Å². The molecular weight excluding hydrogens is 241 g/mol. The molecule has 0 fully saturated rings. The van der Waals surface area contributed by atoms with Crippen molar-refractivity contribution in [2.75, 3.05) is 14.2 Å². The zero-order chi connectivity index (χ0) is 12.6. The summed E-state index contributed by atoms with van der Waals surface area (Å²) >= 11 is 1.28. The molecule has 90 valence electrons. The van der Waals surface area contributed by atoms with E-state index in [2.05, 4.69) is 0 Å². The van der Waals surface area contributed by atoms with Gasteiger partial charge in [0.25, 0.3) is 5.91 Å². The first-order valence-corrected chi connectivity index (χ1v) is 5.87. The van der Waals surface area contributed by atoms with Crippen LogP contribution < -0.4 is 0 Å². The molecular formula is C12H12FNO2S. The van der Waals surface area contributed by atoms with E-state index in [4.69, 9.17) is 4.84 Å². The molecule has 0 N–H and O–H groups in total. The quantitative estimate of drug-likeness (QED) is 0.770. The van der Waals surface area contributed by atoms with Crippen molar-refractivity contribution >= 4 is 27.3 Å². The van der Waals surface area contributed by atoms with Crippen LogP contribution in [0.2, 0.25) is 0 Å². The molecule has 1 aromatic heterocycles. The Labute approximate surface area is 102 Å². The second-order valence-corrected chi connectivity index (χ2v) is 4.71. The average molecular weight is 253 g/mol. The summed E-state index contributed by atoms with van der Waals surface area (Å²) < 4.78 is 14.4. The van der Waals surface area contributed by atoms with Crippen LogP contribution in [-0.2, 0) is 4.84 Å². The molecule has 1 heterocycles. The summed E-state index contributed by atoms with van der Waals surface area (Å²) in [4.78, 5) is 17.3. The molecule has 0 unspecified atom stereocenters. The second-order valence-electron chi connectivity index (χ2n) is 3.65. The Morgan fingerprint density at radius 2 is 2.18 bits per heavy atom. The minimum absolute atomic E-state index is 0.259. The maximum atomic E-state index is 13.7. The van der Waals surface area contributed by atoms with Gasteiger partial charge >= 0.3 is 0 Å². The summed E-state index contributed by atoms with van der Waals surface area (Å²) in [5, 5.41) is 1.65. The number of halogens is 1. The SMILES string of the molecule is CON(C)C(=O)c1sc2cccc(F)c2c1C. The second kappa shape index (κ2) is 4.43. The molecule has 0 bridgehead atoms. The number of nitrogens with zero attached hydrogens (tertiary/aromatic N) is 1. The molecule has 3 nitrogen and oxygen atoms in total. The fraction of sp³-hybridized carbons (Fsp3) is 0.250. The van der Waals surface area contributed by atoms with E-state index < -0.39 is 0 Å². The van der Waals surface area contributed by atoms with Crippen LogP contribution >= 0.6 is 11.3 Å². The molecule has 0 aliphatic heterocycles. The van der Waals surface area contributed by atoms with E-state index in [9.17, 15) is 9.18 Å². The number of rotatable bonds is 2. The van der Waals surface area contributed by atoms with Crippen LogP contribution in [0.25, 0.3) is 10.1 Å². The van der Waals surface area contributed by atoms with E-state index in [-0.39, 0.29) is 11.7 Å². The number of carbonyl (C=O) groups excluding carboxylic acids is 1. The molecule has 1 aromatic carbocycles. The lowest BCUT2D eigenvalue weighted by atomic mass is 10.1. The van der Waals surface area contributed by atoms with E-state index in [1.807, 2.05) is 0 Å². The molecule has 0 spiro atoms. The predicted molar refractivity (Wildman–Crippen MR) is 65.6 cm³/mol. The summed E-state index contributed by atoms with van der Waals surface area (Å²) in [6, 6.07) is 4.85. The van der Waals surface area contributed by atoms with Crippen molar-refractivity contribution in [2.24, 2.45) is 0 Å². The van der Waals surface area contributed by atoms with E-state index in [0.29, 0.717) is 15.8 Å². The number of benzene rings is 1. The van der Waals surface area contributed by atoms with Gasteiger partial charge in [0, 0.05) is 17.1 Å². The topological polar surface area (TPSA) is 29.5 Å². The van der Waals surface area contributed by atoms with Crippen LogP contribution in [0.4, 0.5) is 4.39 Å². The third kappa shape index (κ3) is 1.92. The molecule has 5 heteroatoms. The van der Waals surface area contributed by atoms with Crippen molar-refractivity contribution in [3.8, 4) is 0 Å². The van der Waals surface area contributed by atoms with Crippen LogP contribution in [-0.4, -0.2) is 25.1 Å². The normalized spacial score (nSPS) is 10.8. The van der Waals surface area contributed by atoms with Gasteiger partial charge in [0.2, 0.25) is 0 Å². The molecule has 0 saturated carbocycles. The van der Waals surface area contributed by atoms with Gasteiger partial charge in [-0.3, -0.25) is 9.63 Å². The molecule has 0 aliphatic carbocycles. The van der Waals surface area contributed by atoms with Gasteiger partial charge < -0.3 is 0 Å². The Hall–Kier alpha value is -1.46. The highest BCUT2D eigenvalue weighted by Gasteiger charge is 2.20. The van der Waals surface area contributed by atoms with Crippen molar-refractivity contribution in [1.29, 1.82) is 0 Å². The number of fused-ring (bicyclic) bond motifs is 1. The number of hydrogen-bond donors (Lipinski definition) is 0. The molecule has 2 aromatic rings. The summed E-state index contributed by atoms with van der Waals surface area (Å²) in [5.74, 6) is -0.555. The van der Waals surface area contributed by atoms with E-state index in [1.54, 1.807) is 19.1 Å². The molecule has 0 radical (unpaired) electrons. The Morgan fingerprint density at radius 1 is 1.47 bits per heavy atom. The molecule has 0 atom stereocenters. The Kier molecular flexibility index (Phi) is 3.13. The minimum Gasteiger partial charge on any atom is -0.274 e. The highest BCUT2D eigenvalue weighted by atomic mass is 32.1. The minimum atomic E-state index is -0.296. The van der Waals surface area contributed by atoms with Crippen molar-refractivity contribution in [2.45, 2.75) is 6.92 Å². The number of hydroxylamine groups is 2.